The van der Waals surface area contributed by atoms with Crippen molar-refractivity contribution in [3.05, 3.63) is 24.3 Å². The standard InChI is InChI=1S/C17H27FN4O/c1-4-13-6-5-9-22(11-13)17(2,3)12-20-16(23)21-15-7-8-19-10-14(15)18/h7-8,10,13H,4-6,9,11-12H2,1-3H3,(H2,19,20,21,23). The van der Waals surface area contributed by atoms with Crippen molar-refractivity contribution in [2.24, 2.45) is 5.92 Å². The van der Waals surface area contributed by atoms with Crippen LogP contribution in [0.2, 0.25) is 0 Å². The summed E-state index contributed by atoms with van der Waals surface area (Å²) in [6.07, 6.45) is 6.22. The summed E-state index contributed by atoms with van der Waals surface area (Å²) in [5.41, 5.74) is 0.0152. The number of likely N-dealkylation sites (tertiary alicyclic amines) is 1. The van der Waals surface area contributed by atoms with Gasteiger partial charge in [0.25, 0.3) is 0 Å². The van der Waals surface area contributed by atoms with E-state index in [1.165, 1.54) is 31.5 Å². The van der Waals surface area contributed by atoms with E-state index >= 15 is 0 Å². The predicted molar refractivity (Wildman–Crippen MR) is 89.9 cm³/mol. The monoisotopic (exact) mass is 322 g/mol. The highest BCUT2D eigenvalue weighted by Crippen LogP contribution is 2.25. The number of halogens is 1. The highest BCUT2D eigenvalue weighted by Gasteiger charge is 2.31. The third kappa shape index (κ3) is 4.89. The van der Waals surface area contributed by atoms with Crippen LogP contribution >= 0.6 is 0 Å². The smallest absolute Gasteiger partial charge is 0.319 e. The molecule has 1 unspecified atom stereocenters. The normalized spacial score (nSPS) is 19.4. The van der Waals surface area contributed by atoms with Gasteiger partial charge < -0.3 is 10.6 Å². The first kappa shape index (κ1) is 17.7. The van der Waals surface area contributed by atoms with Crippen LogP contribution in [0.3, 0.4) is 0 Å². The molecule has 0 radical (unpaired) electrons. The average Bonchev–Trinajstić information content (AvgIpc) is 2.55. The quantitative estimate of drug-likeness (QED) is 0.875. The van der Waals surface area contributed by atoms with E-state index in [0.717, 1.165) is 25.2 Å². The first-order valence-corrected chi connectivity index (χ1v) is 8.32. The maximum absolute atomic E-state index is 13.5. The first-order chi connectivity index (χ1) is 10.9. The number of hydrogen-bond acceptors (Lipinski definition) is 3. The number of carbonyl (C=O) groups is 1. The third-order valence-electron chi connectivity index (χ3n) is 4.65. The Morgan fingerprint density at radius 2 is 2.30 bits per heavy atom. The summed E-state index contributed by atoms with van der Waals surface area (Å²) in [6, 6.07) is 1.04. The molecule has 0 aliphatic carbocycles. The van der Waals surface area contributed by atoms with Crippen LogP contribution in [0.5, 0.6) is 0 Å². The Balaban J connectivity index is 1.86. The molecular weight excluding hydrogens is 295 g/mol. The second-order valence-electron chi connectivity index (χ2n) is 6.84. The fraction of sp³-hybridized carbons (Fsp3) is 0.647. The van der Waals surface area contributed by atoms with Gasteiger partial charge >= 0.3 is 6.03 Å². The van der Waals surface area contributed by atoms with Crippen molar-refractivity contribution < 1.29 is 9.18 Å². The number of piperidine rings is 1. The lowest BCUT2D eigenvalue weighted by molar-refractivity contribution is 0.0669. The van der Waals surface area contributed by atoms with Gasteiger partial charge in [-0.3, -0.25) is 9.88 Å². The number of aromatic nitrogens is 1. The van der Waals surface area contributed by atoms with E-state index in [0.29, 0.717) is 6.54 Å². The van der Waals surface area contributed by atoms with Crippen LogP contribution in [0, 0.1) is 11.7 Å². The molecule has 1 saturated heterocycles. The molecule has 1 aromatic heterocycles. The first-order valence-electron chi connectivity index (χ1n) is 8.32. The second kappa shape index (κ2) is 7.73. The Labute approximate surface area is 137 Å². The van der Waals surface area contributed by atoms with Crippen LogP contribution in [0.25, 0.3) is 0 Å². The number of carbonyl (C=O) groups excluding carboxylic acids is 1. The van der Waals surface area contributed by atoms with Crippen LogP contribution in [0.4, 0.5) is 14.9 Å². The van der Waals surface area contributed by atoms with Crippen molar-refractivity contribution in [2.75, 3.05) is 25.0 Å². The van der Waals surface area contributed by atoms with Crippen LogP contribution in [0.1, 0.15) is 40.0 Å². The van der Waals surface area contributed by atoms with Crippen LogP contribution in [0.15, 0.2) is 18.5 Å². The lowest BCUT2D eigenvalue weighted by Gasteiger charge is -2.43. The molecule has 23 heavy (non-hydrogen) atoms. The zero-order valence-corrected chi connectivity index (χ0v) is 14.2. The van der Waals surface area contributed by atoms with Gasteiger partial charge in [0.05, 0.1) is 11.9 Å². The number of pyridine rings is 1. The Bertz CT molecular complexity index is 535. The zero-order chi connectivity index (χ0) is 16.9. The minimum absolute atomic E-state index is 0.123. The highest BCUT2D eigenvalue weighted by atomic mass is 19.1. The summed E-state index contributed by atoms with van der Waals surface area (Å²) in [6.45, 7) is 9.16. The summed E-state index contributed by atoms with van der Waals surface area (Å²) in [4.78, 5) is 18.1. The number of hydrogen-bond donors (Lipinski definition) is 2. The Kier molecular flexibility index (Phi) is 5.93. The van der Waals surface area contributed by atoms with E-state index in [4.69, 9.17) is 0 Å². The van der Waals surface area contributed by atoms with Gasteiger partial charge in [-0.05, 0) is 45.2 Å². The zero-order valence-electron chi connectivity index (χ0n) is 14.2. The molecular formula is C17H27FN4O. The molecule has 1 fully saturated rings. The molecule has 6 heteroatoms. The second-order valence-corrected chi connectivity index (χ2v) is 6.84. The maximum atomic E-state index is 13.5. The van der Waals surface area contributed by atoms with Gasteiger partial charge in [0.2, 0.25) is 0 Å². The summed E-state index contributed by atoms with van der Waals surface area (Å²) in [7, 11) is 0. The SMILES string of the molecule is CCC1CCCN(C(C)(C)CNC(=O)Nc2ccncc2F)C1. The molecule has 2 heterocycles. The largest absolute Gasteiger partial charge is 0.336 e. The van der Waals surface area contributed by atoms with Crippen LogP contribution in [-0.2, 0) is 0 Å². The molecule has 0 spiro atoms. The van der Waals surface area contributed by atoms with Crippen molar-refractivity contribution in [2.45, 2.75) is 45.6 Å². The fourth-order valence-electron chi connectivity index (χ4n) is 3.00. The average molecular weight is 322 g/mol. The molecule has 1 aromatic rings. The lowest BCUT2D eigenvalue weighted by atomic mass is 9.91. The van der Waals surface area contributed by atoms with Gasteiger partial charge in [0.1, 0.15) is 0 Å². The van der Waals surface area contributed by atoms with Gasteiger partial charge in [-0.25, -0.2) is 9.18 Å². The molecule has 2 amide bonds. The number of amides is 2. The Morgan fingerprint density at radius 1 is 1.52 bits per heavy atom. The van der Waals surface area contributed by atoms with Gasteiger partial charge in [-0.15, -0.1) is 0 Å². The fourth-order valence-corrected chi connectivity index (χ4v) is 3.00. The van der Waals surface area contributed by atoms with E-state index in [1.54, 1.807) is 0 Å². The minimum atomic E-state index is -0.538. The summed E-state index contributed by atoms with van der Waals surface area (Å²) in [5.74, 6) is 0.200. The van der Waals surface area contributed by atoms with E-state index in [1.807, 2.05) is 0 Å². The molecule has 0 saturated carbocycles. The van der Waals surface area contributed by atoms with E-state index in [-0.39, 0.29) is 11.2 Å². The molecule has 1 aliphatic heterocycles. The van der Waals surface area contributed by atoms with Crippen molar-refractivity contribution in [3.63, 3.8) is 0 Å². The Hall–Kier alpha value is -1.69. The molecule has 0 aromatic carbocycles. The number of nitrogens with zero attached hydrogens (tertiary/aromatic N) is 2. The third-order valence-corrected chi connectivity index (χ3v) is 4.65. The lowest BCUT2D eigenvalue weighted by Crippen LogP contribution is -2.55. The van der Waals surface area contributed by atoms with Crippen molar-refractivity contribution >= 4 is 11.7 Å². The number of rotatable bonds is 5. The highest BCUT2D eigenvalue weighted by molar-refractivity contribution is 5.89. The van der Waals surface area contributed by atoms with Crippen molar-refractivity contribution in [3.8, 4) is 0 Å². The van der Waals surface area contributed by atoms with Gasteiger partial charge in [-0.2, -0.15) is 0 Å². The number of nitrogens with one attached hydrogen (secondary N) is 2. The van der Waals surface area contributed by atoms with E-state index < -0.39 is 11.8 Å². The van der Waals surface area contributed by atoms with Crippen molar-refractivity contribution in [1.29, 1.82) is 0 Å². The number of anilines is 1. The summed E-state index contributed by atoms with van der Waals surface area (Å²) < 4.78 is 13.5. The molecule has 1 aliphatic rings. The van der Waals surface area contributed by atoms with E-state index in [9.17, 15) is 9.18 Å². The van der Waals surface area contributed by atoms with Crippen LogP contribution in [-0.4, -0.2) is 41.1 Å². The van der Waals surface area contributed by atoms with Crippen molar-refractivity contribution in [1.82, 2.24) is 15.2 Å². The summed E-state index contributed by atoms with van der Waals surface area (Å²) >= 11 is 0. The predicted octanol–water partition coefficient (Wildman–Crippen LogP) is 3.24. The molecule has 0 bridgehead atoms. The summed E-state index contributed by atoms with van der Waals surface area (Å²) in [5, 5.41) is 5.37. The minimum Gasteiger partial charge on any atom is -0.336 e. The van der Waals surface area contributed by atoms with Gasteiger partial charge in [0, 0.05) is 24.8 Å². The van der Waals surface area contributed by atoms with Gasteiger partial charge in [0.15, 0.2) is 5.82 Å². The molecule has 2 N–H and O–H groups in total. The number of urea groups is 1. The topological polar surface area (TPSA) is 57.3 Å². The molecule has 128 valence electrons. The molecule has 5 nitrogen and oxygen atoms in total. The van der Waals surface area contributed by atoms with E-state index in [2.05, 4.69) is 41.3 Å². The molecule has 2 rings (SSSR count). The molecule has 1 atom stereocenters. The van der Waals surface area contributed by atoms with Crippen LogP contribution < -0.4 is 10.6 Å². The maximum Gasteiger partial charge on any atom is 0.319 e. The van der Waals surface area contributed by atoms with Gasteiger partial charge in [-0.1, -0.05) is 13.3 Å². The Morgan fingerprint density at radius 3 is 3.00 bits per heavy atom.